The van der Waals surface area contributed by atoms with Gasteiger partial charge in [0.15, 0.2) is 0 Å². The predicted molar refractivity (Wildman–Crippen MR) is 142 cm³/mol. The van der Waals surface area contributed by atoms with Crippen LogP contribution in [0.15, 0.2) is 53.7 Å². The van der Waals surface area contributed by atoms with Crippen LogP contribution in [-0.4, -0.2) is 42.0 Å². The number of hydrogen-bond donors (Lipinski definition) is 0. The Labute approximate surface area is 204 Å². The molecule has 180 valence electrons. The van der Waals surface area contributed by atoms with Gasteiger partial charge >= 0.3 is 5.69 Å². The minimum atomic E-state index is -0.114. The van der Waals surface area contributed by atoms with Crippen LogP contribution in [0, 0.1) is 6.92 Å². The predicted octanol–water partition coefficient (Wildman–Crippen LogP) is 4.87. The van der Waals surface area contributed by atoms with E-state index in [2.05, 4.69) is 66.9 Å². The molecule has 8 heteroatoms. The molecular formula is C27H31N7O. The number of nitrogens with zero attached hydrogens (tertiary/aromatic N) is 7. The van der Waals surface area contributed by atoms with E-state index in [9.17, 15) is 4.79 Å². The van der Waals surface area contributed by atoms with Crippen molar-refractivity contribution in [3.63, 3.8) is 0 Å². The SMILES string of the molecule is CCN(CC)c1ccc(-c2ccc3ncc4c(c3c2)n(-c2cn(C(C)C)nc2C)c(=O)n4C)cn1. The third kappa shape index (κ3) is 3.69. The highest BCUT2D eigenvalue weighted by Gasteiger charge is 2.20. The Hall–Kier alpha value is -3.94. The number of benzene rings is 1. The van der Waals surface area contributed by atoms with Gasteiger partial charge in [0.25, 0.3) is 0 Å². The summed E-state index contributed by atoms with van der Waals surface area (Å²) in [5.74, 6) is 0.970. The van der Waals surface area contributed by atoms with Crippen LogP contribution in [0.3, 0.4) is 0 Å². The first-order valence-electron chi connectivity index (χ1n) is 12.1. The molecule has 0 unspecified atom stereocenters. The van der Waals surface area contributed by atoms with Crippen molar-refractivity contribution in [2.75, 3.05) is 18.0 Å². The van der Waals surface area contributed by atoms with Crippen molar-refractivity contribution < 1.29 is 0 Å². The highest BCUT2D eigenvalue weighted by molar-refractivity contribution is 6.04. The van der Waals surface area contributed by atoms with Gasteiger partial charge < -0.3 is 4.90 Å². The molecule has 4 aromatic heterocycles. The third-order valence-electron chi connectivity index (χ3n) is 6.71. The minimum Gasteiger partial charge on any atom is -0.357 e. The average molecular weight is 470 g/mol. The first-order chi connectivity index (χ1) is 16.8. The van der Waals surface area contributed by atoms with E-state index in [-0.39, 0.29) is 11.7 Å². The zero-order valence-corrected chi connectivity index (χ0v) is 21.1. The van der Waals surface area contributed by atoms with Gasteiger partial charge in [0.1, 0.15) is 5.82 Å². The molecule has 5 aromatic rings. The van der Waals surface area contributed by atoms with E-state index in [1.54, 1.807) is 22.4 Å². The molecule has 35 heavy (non-hydrogen) atoms. The molecule has 0 aliphatic heterocycles. The van der Waals surface area contributed by atoms with E-state index in [0.29, 0.717) is 0 Å². The number of fused-ring (bicyclic) bond motifs is 3. The molecule has 5 rings (SSSR count). The summed E-state index contributed by atoms with van der Waals surface area (Å²) in [5, 5.41) is 5.56. The summed E-state index contributed by atoms with van der Waals surface area (Å²) in [6.07, 6.45) is 5.64. The summed E-state index contributed by atoms with van der Waals surface area (Å²) in [6.45, 7) is 12.2. The molecule has 0 radical (unpaired) electrons. The van der Waals surface area contributed by atoms with E-state index < -0.39 is 0 Å². The van der Waals surface area contributed by atoms with Crippen LogP contribution in [0.25, 0.3) is 38.8 Å². The molecule has 0 atom stereocenters. The number of anilines is 1. The van der Waals surface area contributed by atoms with Crippen molar-refractivity contribution in [3.05, 3.63) is 65.1 Å². The van der Waals surface area contributed by atoms with Crippen LogP contribution >= 0.6 is 0 Å². The fourth-order valence-electron chi connectivity index (χ4n) is 4.65. The van der Waals surface area contributed by atoms with E-state index in [0.717, 1.165) is 63.4 Å². The van der Waals surface area contributed by atoms with Crippen molar-refractivity contribution in [1.82, 2.24) is 28.9 Å². The Bertz CT molecular complexity index is 1580. The van der Waals surface area contributed by atoms with Crippen LogP contribution in [0.4, 0.5) is 5.82 Å². The fraction of sp³-hybridized carbons (Fsp3) is 0.333. The zero-order chi connectivity index (χ0) is 24.9. The second kappa shape index (κ2) is 8.69. The zero-order valence-electron chi connectivity index (χ0n) is 21.1. The molecular weight excluding hydrogens is 438 g/mol. The maximum atomic E-state index is 13.4. The van der Waals surface area contributed by atoms with Crippen LogP contribution in [0.2, 0.25) is 0 Å². The Kier molecular flexibility index (Phi) is 5.67. The van der Waals surface area contributed by atoms with Gasteiger partial charge in [0, 0.05) is 49.5 Å². The van der Waals surface area contributed by atoms with Crippen LogP contribution in [-0.2, 0) is 7.05 Å². The van der Waals surface area contributed by atoms with Gasteiger partial charge in [-0.15, -0.1) is 0 Å². The molecule has 0 saturated carbocycles. The smallest absolute Gasteiger partial charge is 0.333 e. The van der Waals surface area contributed by atoms with Crippen LogP contribution in [0.1, 0.15) is 39.4 Å². The molecule has 0 aliphatic carbocycles. The quantitative estimate of drug-likeness (QED) is 0.355. The number of aromatic nitrogens is 6. The van der Waals surface area contributed by atoms with Gasteiger partial charge in [-0.05, 0) is 64.4 Å². The van der Waals surface area contributed by atoms with Crippen molar-refractivity contribution in [2.45, 2.75) is 40.7 Å². The van der Waals surface area contributed by atoms with Crippen LogP contribution in [0.5, 0.6) is 0 Å². The molecule has 0 amide bonds. The van der Waals surface area contributed by atoms with Gasteiger partial charge in [-0.3, -0.25) is 18.8 Å². The molecule has 0 aliphatic rings. The molecule has 0 saturated heterocycles. The summed E-state index contributed by atoms with van der Waals surface area (Å²) in [7, 11) is 1.79. The van der Waals surface area contributed by atoms with Crippen molar-refractivity contribution >= 4 is 27.8 Å². The normalized spacial score (nSPS) is 11.7. The largest absolute Gasteiger partial charge is 0.357 e. The molecule has 0 N–H and O–H groups in total. The lowest BCUT2D eigenvalue weighted by Gasteiger charge is -2.19. The molecule has 0 bridgehead atoms. The Morgan fingerprint density at radius 2 is 1.74 bits per heavy atom. The van der Waals surface area contributed by atoms with Gasteiger partial charge in [0.05, 0.1) is 34.1 Å². The van der Waals surface area contributed by atoms with Gasteiger partial charge in [-0.2, -0.15) is 5.10 Å². The summed E-state index contributed by atoms with van der Waals surface area (Å²) in [5.41, 5.74) is 5.99. The number of pyridine rings is 2. The summed E-state index contributed by atoms with van der Waals surface area (Å²) < 4.78 is 5.32. The Morgan fingerprint density at radius 3 is 2.37 bits per heavy atom. The maximum absolute atomic E-state index is 13.4. The molecule has 0 spiro atoms. The lowest BCUT2D eigenvalue weighted by atomic mass is 10.0. The summed E-state index contributed by atoms with van der Waals surface area (Å²) >= 11 is 0. The second-order valence-corrected chi connectivity index (χ2v) is 9.15. The lowest BCUT2D eigenvalue weighted by molar-refractivity contribution is 0.529. The standard InChI is InChI=1S/C27H31N7O/c1-7-32(8-2)25-12-10-20(14-29-25)19-9-11-22-21(13-19)26-23(15-28-22)31(6)27(35)34(26)24-16-33(17(3)4)30-18(24)5/h9-17H,7-8H2,1-6H3. The number of hydrogen-bond acceptors (Lipinski definition) is 5. The van der Waals surface area contributed by atoms with Crippen LogP contribution < -0.4 is 10.6 Å². The Morgan fingerprint density at radius 1 is 1.00 bits per heavy atom. The fourth-order valence-corrected chi connectivity index (χ4v) is 4.65. The minimum absolute atomic E-state index is 0.114. The number of aryl methyl sites for hydroxylation is 2. The molecule has 4 heterocycles. The maximum Gasteiger partial charge on any atom is 0.333 e. The van der Waals surface area contributed by atoms with E-state index in [4.69, 9.17) is 4.98 Å². The van der Waals surface area contributed by atoms with Gasteiger partial charge in [-0.25, -0.2) is 9.78 Å². The summed E-state index contributed by atoms with van der Waals surface area (Å²) in [4.78, 5) is 25.0. The van der Waals surface area contributed by atoms with Crippen molar-refractivity contribution in [1.29, 1.82) is 0 Å². The number of imidazole rings is 1. The molecule has 8 nitrogen and oxygen atoms in total. The van der Waals surface area contributed by atoms with Crippen molar-refractivity contribution in [3.8, 4) is 16.8 Å². The average Bonchev–Trinajstić information content (AvgIpc) is 3.37. The summed E-state index contributed by atoms with van der Waals surface area (Å²) in [6, 6.07) is 10.5. The topological polar surface area (TPSA) is 73.8 Å². The van der Waals surface area contributed by atoms with Crippen molar-refractivity contribution in [2.24, 2.45) is 7.05 Å². The lowest BCUT2D eigenvalue weighted by Crippen LogP contribution is -2.22. The first kappa shape index (κ1) is 22.8. The monoisotopic (exact) mass is 469 g/mol. The third-order valence-corrected chi connectivity index (χ3v) is 6.71. The van der Waals surface area contributed by atoms with E-state index >= 15 is 0 Å². The highest BCUT2D eigenvalue weighted by atomic mass is 16.1. The first-order valence-corrected chi connectivity index (χ1v) is 12.1. The second-order valence-electron chi connectivity index (χ2n) is 9.15. The Balaban J connectivity index is 1.73. The van der Waals surface area contributed by atoms with Gasteiger partial charge in [0.2, 0.25) is 0 Å². The molecule has 0 fully saturated rings. The number of rotatable bonds is 6. The van der Waals surface area contributed by atoms with E-state index in [1.165, 1.54) is 0 Å². The van der Waals surface area contributed by atoms with E-state index in [1.807, 2.05) is 30.1 Å². The highest BCUT2D eigenvalue weighted by Crippen LogP contribution is 2.30. The molecule has 1 aromatic carbocycles. The van der Waals surface area contributed by atoms with Gasteiger partial charge in [-0.1, -0.05) is 6.07 Å².